The van der Waals surface area contributed by atoms with Gasteiger partial charge in [0.1, 0.15) is 0 Å². The lowest BCUT2D eigenvalue weighted by Crippen LogP contribution is -2.13. The SMILES string of the molecule is Cc1nc(N)nc(C)c1CC1CCNC1. The summed E-state index contributed by atoms with van der Waals surface area (Å²) in [5, 5.41) is 3.38. The highest BCUT2D eigenvalue weighted by Gasteiger charge is 2.18. The van der Waals surface area contributed by atoms with Gasteiger partial charge in [-0.3, -0.25) is 0 Å². The lowest BCUT2D eigenvalue weighted by atomic mass is 9.97. The second-order valence-electron chi connectivity index (χ2n) is 4.29. The first-order chi connectivity index (χ1) is 7.16. The fraction of sp³-hybridized carbons (Fsp3) is 0.636. The second kappa shape index (κ2) is 4.14. The average Bonchev–Trinajstić information content (AvgIpc) is 2.63. The van der Waals surface area contributed by atoms with Gasteiger partial charge in [0.15, 0.2) is 0 Å². The van der Waals surface area contributed by atoms with Gasteiger partial charge in [0.2, 0.25) is 5.95 Å². The number of rotatable bonds is 2. The number of anilines is 1. The van der Waals surface area contributed by atoms with Crippen LogP contribution in [-0.4, -0.2) is 23.1 Å². The molecule has 4 nitrogen and oxygen atoms in total. The maximum Gasteiger partial charge on any atom is 0.220 e. The minimum absolute atomic E-state index is 0.387. The molecule has 2 heterocycles. The van der Waals surface area contributed by atoms with Crippen molar-refractivity contribution in [3.8, 4) is 0 Å². The Labute approximate surface area is 90.3 Å². The van der Waals surface area contributed by atoms with Crippen LogP contribution in [-0.2, 0) is 6.42 Å². The summed E-state index contributed by atoms with van der Waals surface area (Å²) in [7, 11) is 0. The zero-order chi connectivity index (χ0) is 10.8. The van der Waals surface area contributed by atoms with Crippen LogP contribution in [0.15, 0.2) is 0 Å². The molecule has 2 rings (SSSR count). The molecule has 1 aromatic heterocycles. The summed E-state index contributed by atoms with van der Waals surface area (Å²) in [6.07, 6.45) is 2.33. The Balaban J connectivity index is 2.19. The molecule has 1 unspecified atom stereocenters. The highest BCUT2D eigenvalue weighted by Crippen LogP contribution is 2.19. The van der Waals surface area contributed by atoms with Crippen molar-refractivity contribution < 1.29 is 0 Å². The van der Waals surface area contributed by atoms with E-state index in [1.54, 1.807) is 0 Å². The molecule has 3 N–H and O–H groups in total. The molecule has 1 aromatic rings. The number of aromatic nitrogens is 2. The summed E-state index contributed by atoms with van der Waals surface area (Å²) in [5.74, 6) is 1.12. The van der Waals surface area contributed by atoms with E-state index in [1.807, 2.05) is 13.8 Å². The summed E-state index contributed by atoms with van der Waals surface area (Å²) in [4.78, 5) is 8.45. The standard InChI is InChI=1S/C11H18N4/c1-7-10(5-9-3-4-13-6-9)8(2)15-11(12)14-7/h9,13H,3-6H2,1-2H3,(H2,12,14,15). The number of nitrogens with two attached hydrogens (primary N) is 1. The van der Waals surface area contributed by atoms with E-state index in [2.05, 4.69) is 15.3 Å². The molecular weight excluding hydrogens is 188 g/mol. The normalized spacial score (nSPS) is 20.8. The molecule has 0 amide bonds. The molecular formula is C11H18N4. The fourth-order valence-electron chi connectivity index (χ4n) is 2.24. The van der Waals surface area contributed by atoms with E-state index < -0.39 is 0 Å². The van der Waals surface area contributed by atoms with Crippen LogP contribution in [0.1, 0.15) is 23.4 Å². The van der Waals surface area contributed by atoms with E-state index in [4.69, 9.17) is 5.73 Å². The number of nitrogen functional groups attached to an aromatic ring is 1. The van der Waals surface area contributed by atoms with Gasteiger partial charge in [-0.25, -0.2) is 9.97 Å². The maximum absolute atomic E-state index is 5.60. The van der Waals surface area contributed by atoms with Crippen LogP contribution in [0.4, 0.5) is 5.95 Å². The summed E-state index contributed by atoms with van der Waals surface area (Å²) in [6, 6.07) is 0. The highest BCUT2D eigenvalue weighted by atomic mass is 15.0. The Morgan fingerprint density at radius 2 is 2.00 bits per heavy atom. The number of nitrogens with one attached hydrogen (secondary N) is 1. The Hall–Kier alpha value is -1.16. The number of aryl methyl sites for hydroxylation is 2. The Morgan fingerprint density at radius 1 is 1.33 bits per heavy atom. The van der Waals surface area contributed by atoms with Gasteiger partial charge in [-0.1, -0.05) is 0 Å². The molecule has 82 valence electrons. The zero-order valence-electron chi connectivity index (χ0n) is 9.38. The third-order valence-electron chi connectivity index (χ3n) is 3.09. The number of hydrogen-bond acceptors (Lipinski definition) is 4. The lowest BCUT2D eigenvalue weighted by Gasteiger charge is -2.12. The van der Waals surface area contributed by atoms with Gasteiger partial charge >= 0.3 is 0 Å². The molecule has 1 atom stereocenters. The predicted octanol–water partition coefficient (Wildman–Crippen LogP) is 0.828. The van der Waals surface area contributed by atoms with Crippen molar-refractivity contribution in [2.24, 2.45) is 5.92 Å². The minimum Gasteiger partial charge on any atom is -0.368 e. The van der Waals surface area contributed by atoms with Crippen LogP contribution >= 0.6 is 0 Å². The van der Waals surface area contributed by atoms with Gasteiger partial charge in [-0.2, -0.15) is 0 Å². The van der Waals surface area contributed by atoms with E-state index in [9.17, 15) is 0 Å². The van der Waals surface area contributed by atoms with Gasteiger partial charge in [-0.15, -0.1) is 0 Å². The topological polar surface area (TPSA) is 63.8 Å². The monoisotopic (exact) mass is 206 g/mol. The smallest absolute Gasteiger partial charge is 0.220 e. The molecule has 0 aromatic carbocycles. The van der Waals surface area contributed by atoms with Crippen molar-refractivity contribution in [2.45, 2.75) is 26.7 Å². The molecule has 4 heteroatoms. The average molecular weight is 206 g/mol. The predicted molar refractivity (Wildman–Crippen MR) is 60.6 cm³/mol. The van der Waals surface area contributed by atoms with Gasteiger partial charge in [-0.05, 0) is 51.3 Å². The van der Waals surface area contributed by atoms with E-state index in [0.717, 1.165) is 36.8 Å². The highest BCUT2D eigenvalue weighted by molar-refractivity contribution is 5.30. The Morgan fingerprint density at radius 3 is 2.53 bits per heavy atom. The third-order valence-corrected chi connectivity index (χ3v) is 3.09. The van der Waals surface area contributed by atoms with Crippen molar-refractivity contribution in [1.82, 2.24) is 15.3 Å². The fourth-order valence-corrected chi connectivity index (χ4v) is 2.24. The Kier molecular flexibility index (Phi) is 2.86. The molecule has 0 aliphatic carbocycles. The van der Waals surface area contributed by atoms with Gasteiger partial charge < -0.3 is 11.1 Å². The van der Waals surface area contributed by atoms with Crippen LogP contribution in [0.5, 0.6) is 0 Å². The maximum atomic E-state index is 5.60. The second-order valence-corrected chi connectivity index (χ2v) is 4.29. The summed E-state index contributed by atoms with van der Waals surface area (Å²) < 4.78 is 0. The first kappa shape index (κ1) is 10.4. The summed E-state index contributed by atoms with van der Waals surface area (Å²) in [6.45, 7) is 6.29. The van der Waals surface area contributed by atoms with Crippen LogP contribution in [0.2, 0.25) is 0 Å². The summed E-state index contributed by atoms with van der Waals surface area (Å²) in [5.41, 5.74) is 8.95. The van der Waals surface area contributed by atoms with Crippen LogP contribution in [0.25, 0.3) is 0 Å². The largest absolute Gasteiger partial charge is 0.368 e. The van der Waals surface area contributed by atoms with Crippen LogP contribution < -0.4 is 11.1 Å². The van der Waals surface area contributed by atoms with E-state index in [-0.39, 0.29) is 0 Å². The molecule has 1 fully saturated rings. The summed E-state index contributed by atoms with van der Waals surface area (Å²) >= 11 is 0. The molecule has 1 aliphatic heterocycles. The molecule has 0 saturated carbocycles. The van der Waals surface area contributed by atoms with E-state index in [1.165, 1.54) is 12.0 Å². The van der Waals surface area contributed by atoms with Crippen molar-refractivity contribution in [2.75, 3.05) is 18.8 Å². The number of hydrogen-bond donors (Lipinski definition) is 2. The molecule has 0 spiro atoms. The van der Waals surface area contributed by atoms with Crippen LogP contribution in [0, 0.1) is 19.8 Å². The van der Waals surface area contributed by atoms with Gasteiger partial charge in [0.05, 0.1) is 0 Å². The Bertz CT molecular complexity index is 333. The van der Waals surface area contributed by atoms with Gasteiger partial charge in [0.25, 0.3) is 0 Å². The first-order valence-electron chi connectivity index (χ1n) is 5.47. The lowest BCUT2D eigenvalue weighted by molar-refractivity contribution is 0.573. The van der Waals surface area contributed by atoms with Gasteiger partial charge in [0, 0.05) is 11.4 Å². The van der Waals surface area contributed by atoms with Crippen molar-refractivity contribution >= 4 is 5.95 Å². The van der Waals surface area contributed by atoms with E-state index >= 15 is 0 Å². The number of nitrogens with zero attached hydrogens (tertiary/aromatic N) is 2. The third kappa shape index (κ3) is 2.26. The first-order valence-corrected chi connectivity index (χ1v) is 5.47. The minimum atomic E-state index is 0.387. The van der Waals surface area contributed by atoms with Crippen molar-refractivity contribution in [3.05, 3.63) is 17.0 Å². The van der Waals surface area contributed by atoms with Crippen molar-refractivity contribution in [3.63, 3.8) is 0 Å². The molecule has 0 radical (unpaired) electrons. The molecule has 1 saturated heterocycles. The van der Waals surface area contributed by atoms with Crippen LogP contribution in [0.3, 0.4) is 0 Å². The zero-order valence-corrected chi connectivity index (χ0v) is 9.38. The quantitative estimate of drug-likeness (QED) is 0.752. The van der Waals surface area contributed by atoms with E-state index in [0.29, 0.717) is 5.95 Å². The molecule has 15 heavy (non-hydrogen) atoms. The molecule has 0 bridgehead atoms. The van der Waals surface area contributed by atoms with Crippen molar-refractivity contribution in [1.29, 1.82) is 0 Å². The molecule has 1 aliphatic rings.